The average molecular weight is 306 g/mol. The minimum Gasteiger partial charge on any atom is -0.335 e. The fraction of sp³-hybridized carbons (Fsp3) is 0.611. The predicted octanol–water partition coefficient (Wildman–Crippen LogP) is 4.47. The molecule has 1 saturated heterocycles. The lowest BCUT2D eigenvalue weighted by Crippen LogP contribution is -2.37. The highest BCUT2D eigenvalue weighted by atomic mass is 35.5. The summed E-state index contributed by atoms with van der Waals surface area (Å²) in [4.78, 5) is 15.0. The standard InChI is InChI=1S/C18H24ClNO/c1-17(2)8-15-9-18(3,11-17)12-20(15)16(21)14-6-4-13(10-19)5-7-14/h4-7,15H,8-12H2,1-3H3. The molecule has 2 aliphatic rings. The number of alkyl halides is 1. The molecule has 2 fully saturated rings. The van der Waals surface area contributed by atoms with Gasteiger partial charge in [0.25, 0.3) is 5.91 Å². The van der Waals surface area contributed by atoms with E-state index in [1.807, 2.05) is 24.3 Å². The number of carbonyl (C=O) groups is 1. The number of amides is 1. The van der Waals surface area contributed by atoms with Crippen molar-refractivity contribution in [2.75, 3.05) is 6.54 Å². The molecule has 1 aliphatic heterocycles. The molecule has 0 spiro atoms. The zero-order valence-corrected chi connectivity index (χ0v) is 13.9. The minimum atomic E-state index is 0.183. The lowest BCUT2D eigenvalue weighted by Gasteiger charge is -2.39. The van der Waals surface area contributed by atoms with Crippen LogP contribution in [0.5, 0.6) is 0 Å². The first-order valence-corrected chi connectivity index (χ1v) is 8.31. The zero-order chi connectivity index (χ0) is 15.3. The van der Waals surface area contributed by atoms with Crippen LogP contribution in [0.4, 0.5) is 0 Å². The number of benzene rings is 1. The zero-order valence-electron chi connectivity index (χ0n) is 13.2. The summed E-state index contributed by atoms with van der Waals surface area (Å²) in [6.45, 7) is 7.91. The maximum atomic E-state index is 12.8. The van der Waals surface area contributed by atoms with Crippen LogP contribution < -0.4 is 0 Å². The van der Waals surface area contributed by atoms with Crippen LogP contribution in [0, 0.1) is 10.8 Å². The van der Waals surface area contributed by atoms with Crippen molar-refractivity contribution in [3.63, 3.8) is 0 Å². The van der Waals surface area contributed by atoms with Gasteiger partial charge >= 0.3 is 0 Å². The van der Waals surface area contributed by atoms with Crippen molar-refractivity contribution in [1.29, 1.82) is 0 Å². The summed E-state index contributed by atoms with van der Waals surface area (Å²) in [5, 5.41) is 0. The average Bonchev–Trinajstić information content (AvgIpc) is 2.67. The SMILES string of the molecule is CC1(C)CC2CC(C)(CN2C(=O)c2ccc(CCl)cc2)C1. The monoisotopic (exact) mass is 305 g/mol. The Morgan fingerprint density at radius 1 is 1.24 bits per heavy atom. The molecule has 2 nitrogen and oxygen atoms in total. The van der Waals surface area contributed by atoms with E-state index in [0.717, 1.165) is 30.5 Å². The Bertz CT molecular complexity index is 551. The van der Waals surface area contributed by atoms with E-state index in [-0.39, 0.29) is 11.3 Å². The second-order valence-corrected chi connectivity index (χ2v) is 8.24. The Morgan fingerprint density at radius 3 is 2.52 bits per heavy atom. The van der Waals surface area contributed by atoms with E-state index in [0.29, 0.717) is 17.3 Å². The molecule has 0 radical (unpaired) electrons. The number of fused-ring (bicyclic) bond motifs is 2. The van der Waals surface area contributed by atoms with Crippen LogP contribution in [0.1, 0.15) is 56.0 Å². The maximum absolute atomic E-state index is 12.8. The lowest BCUT2D eigenvalue weighted by atomic mass is 9.65. The summed E-state index contributed by atoms with van der Waals surface area (Å²) in [5.41, 5.74) is 2.48. The molecule has 1 amide bonds. The van der Waals surface area contributed by atoms with Crippen molar-refractivity contribution in [3.05, 3.63) is 35.4 Å². The number of carbonyl (C=O) groups excluding carboxylic acids is 1. The molecule has 3 rings (SSSR count). The Hall–Kier alpha value is -1.02. The summed E-state index contributed by atoms with van der Waals surface area (Å²) in [6, 6.07) is 8.13. The van der Waals surface area contributed by atoms with Gasteiger partial charge in [-0.2, -0.15) is 0 Å². The number of nitrogens with zero attached hydrogens (tertiary/aromatic N) is 1. The molecular formula is C18H24ClNO. The minimum absolute atomic E-state index is 0.183. The van der Waals surface area contributed by atoms with Crippen LogP contribution >= 0.6 is 11.6 Å². The predicted molar refractivity (Wildman–Crippen MR) is 86.6 cm³/mol. The number of hydrogen-bond acceptors (Lipinski definition) is 1. The van der Waals surface area contributed by atoms with E-state index in [1.165, 1.54) is 6.42 Å². The molecular weight excluding hydrogens is 282 g/mol. The molecule has 1 saturated carbocycles. The Balaban J connectivity index is 1.82. The topological polar surface area (TPSA) is 20.3 Å². The first kappa shape index (κ1) is 14.9. The van der Waals surface area contributed by atoms with Crippen LogP contribution in [-0.2, 0) is 5.88 Å². The molecule has 1 aromatic rings. The third-order valence-electron chi connectivity index (χ3n) is 5.03. The quantitative estimate of drug-likeness (QED) is 0.738. The smallest absolute Gasteiger partial charge is 0.254 e. The highest BCUT2D eigenvalue weighted by molar-refractivity contribution is 6.17. The molecule has 0 N–H and O–H groups in total. The summed E-state index contributed by atoms with van der Waals surface area (Å²) >= 11 is 5.81. The fourth-order valence-corrected chi connectivity index (χ4v) is 4.78. The van der Waals surface area contributed by atoms with Gasteiger partial charge in [0.05, 0.1) is 0 Å². The molecule has 2 bridgehead atoms. The van der Waals surface area contributed by atoms with Gasteiger partial charge in [-0.3, -0.25) is 4.79 Å². The second-order valence-electron chi connectivity index (χ2n) is 7.98. The van der Waals surface area contributed by atoms with Gasteiger partial charge in [0.15, 0.2) is 0 Å². The van der Waals surface area contributed by atoms with Crippen molar-refractivity contribution in [3.8, 4) is 0 Å². The first-order chi connectivity index (χ1) is 9.82. The van der Waals surface area contributed by atoms with Gasteiger partial charge in [-0.1, -0.05) is 32.9 Å². The largest absolute Gasteiger partial charge is 0.335 e. The summed E-state index contributed by atoms with van der Waals surface area (Å²) in [5.74, 6) is 0.676. The van der Waals surface area contributed by atoms with E-state index in [2.05, 4.69) is 25.7 Å². The molecule has 1 aromatic carbocycles. The molecule has 21 heavy (non-hydrogen) atoms. The molecule has 0 aromatic heterocycles. The van der Waals surface area contributed by atoms with E-state index in [1.54, 1.807) is 0 Å². The van der Waals surface area contributed by atoms with Gasteiger partial charge in [-0.25, -0.2) is 0 Å². The molecule has 2 atom stereocenters. The number of halogens is 1. The van der Waals surface area contributed by atoms with Gasteiger partial charge in [0.2, 0.25) is 0 Å². The molecule has 1 aliphatic carbocycles. The molecule has 2 unspecified atom stereocenters. The number of likely N-dealkylation sites (tertiary alicyclic amines) is 1. The van der Waals surface area contributed by atoms with Crippen LogP contribution in [-0.4, -0.2) is 23.4 Å². The molecule has 114 valence electrons. The maximum Gasteiger partial charge on any atom is 0.254 e. The second kappa shape index (κ2) is 5.01. The van der Waals surface area contributed by atoms with Crippen molar-refractivity contribution < 1.29 is 4.79 Å². The Morgan fingerprint density at radius 2 is 1.90 bits per heavy atom. The van der Waals surface area contributed by atoms with E-state index in [9.17, 15) is 4.79 Å². The normalized spacial score (nSPS) is 30.5. The van der Waals surface area contributed by atoms with Gasteiger partial charge < -0.3 is 4.90 Å². The first-order valence-electron chi connectivity index (χ1n) is 7.78. The summed E-state index contributed by atoms with van der Waals surface area (Å²) in [7, 11) is 0. The Labute approximate surface area is 132 Å². The lowest BCUT2D eigenvalue weighted by molar-refractivity contribution is 0.0708. The van der Waals surface area contributed by atoms with Crippen molar-refractivity contribution in [1.82, 2.24) is 4.90 Å². The van der Waals surface area contributed by atoms with E-state index < -0.39 is 0 Å². The Kier molecular flexibility index (Phi) is 3.56. The van der Waals surface area contributed by atoms with Crippen LogP contribution in [0.25, 0.3) is 0 Å². The van der Waals surface area contributed by atoms with Crippen molar-refractivity contribution in [2.24, 2.45) is 10.8 Å². The molecule has 3 heteroatoms. The highest BCUT2D eigenvalue weighted by Crippen LogP contribution is 2.52. The highest BCUT2D eigenvalue weighted by Gasteiger charge is 2.50. The van der Waals surface area contributed by atoms with Crippen molar-refractivity contribution >= 4 is 17.5 Å². The molecule has 1 heterocycles. The van der Waals surface area contributed by atoms with Gasteiger partial charge in [0.1, 0.15) is 0 Å². The summed E-state index contributed by atoms with van der Waals surface area (Å²) in [6.07, 6.45) is 3.49. The van der Waals surface area contributed by atoms with Crippen LogP contribution in [0.3, 0.4) is 0 Å². The third kappa shape index (κ3) is 2.83. The number of rotatable bonds is 2. The van der Waals surface area contributed by atoms with Gasteiger partial charge in [-0.15, -0.1) is 11.6 Å². The van der Waals surface area contributed by atoms with Gasteiger partial charge in [0, 0.05) is 24.0 Å². The van der Waals surface area contributed by atoms with Crippen LogP contribution in [0.2, 0.25) is 0 Å². The van der Waals surface area contributed by atoms with Crippen LogP contribution in [0.15, 0.2) is 24.3 Å². The van der Waals surface area contributed by atoms with Gasteiger partial charge in [-0.05, 0) is 47.8 Å². The van der Waals surface area contributed by atoms with E-state index in [4.69, 9.17) is 11.6 Å². The fourth-order valence-electron chi connectivity index (χ4n) is 4.60. The van der Waals surface area contributed by atoms with Crippen molar-refractivity contribution in [2.45, 2.75) is 52.0 Å². The van der Waals surface area contributed by atoms with E-state index >= 15 is 0 Å². The number of hydrogen-bond donors (Lipinski definition) is 0. The third-order valence-corrected chi connectivity index (χ3v) is 5.34. The summed E-state index contributed by atoms with van der Waals surface area (Å²) < 4.78 is 0.